The lowest BCUT2D eigenvalue weighted by Crippen LogP contribution is -2.54. The standard InChI is InChI=1S/C30H50O4/c1-19(8-13-26(31)34-28(2,3)4)23-11-12-24-22-10-9-21-18-20(27(32)33-7)14-16-29(21,5)25(22)15-17-30(23,24)6/h19-25H,8-18H2,1-7H3/t19?,20?,21?,22?,23?,24?,25?,29-,30+/m0/s1. The van der Waals surface area contributed by atoms with Gasteiger partial charge in [0, 0.05) is 6.42 Å². The molecule has 0 amide bonds. The van der Waals surface area contributed by atoms with Crippen LogP contribution in [0, 0.1) is 52.3 Å². The molecule has 4 rings (SSSR count). The molecule has 4 saturated carbocycles. The Morgan fingerprint density at radius 1 is 0.941 bits per heavy atom. The van der Waals surface area contributed by atoms with Crippen LogP contribution in [0.5, 0.6) is 0 Å². The molecule has 0 bridgehead atoms. The van der Waals surface area contributed by atoms with Crippen LogP contribution in [0.25, 0.3) is 0 Å². The number of methoxy groups -OCH3 is 1. The van der Waals surface area contributed by atoms with E-state index in [0.29, 0.717) is 29.1 Å². The van der Waals surface area contributed by atoms with Gasteiger partial charge in [0.1, 0.15) is 5.60 Å². The van der Waals surface area contributed by atoms with Gasteiger partial charge in [0.2, 0.25) is 0 Å². The third kappa shape index (κ3) is 4.69. The Kier molecular flexibility index (Phi) is 7.22. The fourth-order valence-corrected chi connectivity index (χ4v) is 9.55. The molecule has 4 heteroatoms. The molecule has 34 heavy (non-hydrogen) atoms. The van der Waals surface area contributed by atoms with Crippen molar-refractivity contribution in [3.8, 4) is 0 Å². The zero-order valence-electron chi connectivity index (χ0n) is 23.0. The van der Waals surface area contributed by atoms with E-state index < -0.39 is 5.60 Å². The first-order chi connectivity index (χ1) is 15.9. The summed E-state index contributed by atoms with van der Waals surface area (Å²) in [6.45, 7) is 13.4. The van der Waals surface area contributed by atoms with Crippen LogP contribution in [0.15, 0.2) is 0 Å². The van der Waals surface area contributed by atoms with Gasteiger partial charge in [-0.2, -0.15) is 0 Å². The predicted octanol–water partition coefficient (Wildman–Crippen LogP) is 7.19. The second-order valence-electron chi connectivity index (χ2n) is 14.0. The van der Waals surface area contributed by atoms with Crippen molar-refractivity contribution < 1.29 is 19.1 Å². The van der Waals surface area contributed by atoms with Crippen LogP contribution >= 0.6 is 0 Å². The first kappa shape index (κ1) is 26.0. The quantitative estimate of drug-likeness (QED) is 0.396. The molecule has 4 aliphatic rings. The summed E-state index contributed by atoms with van der Waals surface area (Å²) in [6, 6.07) is 0. The summed E-state index contributed by atoms with van der Waals surface area (Å²) in [7, 11) is 1.54. The van der Waals surface area contributed by atoms with Gasteiger partial charge in [-0.3, -0.25) is 9.59 Å². The molecule has 0 aromatic rings. The summed E-state index contributed by atoms with van der Waals surface area (Å²) in [4.78, 5) is 24.6. The number of ether oxygens (including phenoxy) is 2. The smallest absolute Gasteiger partial charge is 0.308 e. The van der Waals surface area contributed by atoms with E-state index in [1.165, 1.54) is 44.9 Å². The van der Waals surface area contributed by atoms with E-state index in [0.717, 1.165) is 42.9 Å². The number of rotatable bonds is 5. The van der Waals surface area contributed by atoms with Crippen molar-refractivity contribution in [1.29, 1.82) is 0 Å². The largest absolute Gasteiger partial charge is 0.469 e. The number of fused-ring (bicyclic) bond motifs is 5. The monoisotopic (exact) mass is 474 g/mol. The molecule has 9 atom stereocenters. The summed E-state index contributed by atoms with van der Waals surface area (Å²) >= 11 is 0. The average Bonchev–Trinajstić information content (AvgIpc) is 3.12. The van der Waals surface area contributed by atoms with Crippen LogP contribution < -0.4 is 0 Å². The molecule has 0 saturated heterocycles. The van der Waals surface area contributed by atoms with Gasteiger partial charge in [0.25, 0.3) is 0 Å². The molecule has 0 radical (unpaired) electrons. The van der Waals surface area contributed by atoms with Gasteiger partial charge in [-0.15, -0.1) is 0 Å². The van der Waals surface area contributed by atoms with E-state index in [4.69, 9.17) is 9.47 Å². The van der Waals surface area contributed by atoms with Gasteiger partial charge in [0.05, 0.1) is 13.0 Å². The molecular weight excluding hydrogens is 424 g/mol. The van der Waals surface area contributed by atoms with Crippen molar-refractivity contribution in [2.24, 2.45) is 52.3 Å². The number of esters is 2. The van der Waals surface area contributed by atoms with Crippen molar-refractivity contribution in [1.82, 2.24) is 0 Å². The Bertz CT molecular complexity index is 768. The molecule has 4 nitrogen and oxygen atoms in total. The summed E-state index contributed by atoms with van der Waals surface area (Å²) in [5.74, 6) is 4.56. The van der Waals surface area contributed by atoms with Gasteiger partial charge >= 0.3 is 11.9 Å². The summed E-state index contributed by atoms with van der Waals surface area (Å²) in [5.41, 5.74) is 0.421. The zero-order chi connectivity index (χ0) is 24.9. The average molecular weight is 475 g/mol. The lowest BCUT2D eigenvalue weighted by atomic mass is 9.44. The number of carbonyl (C=O) groups is 2. The van der Waals surface area contributed by atoms with Crippen molar-refractivity contribution in [3.05, 3.63) is 0 Å². The Hall–Kier alpha value is -1.06. The van der Waals surface area contributed by atoms with Crippen LogP contribution in [-0.2, 0) is 19.1 Å². The van der Waals surface area contributed by atoms with Gasteiger partial charge in [-0.05, 0) is 131 Å². The van der Waals surface area contributed by atoms with Crippen LogP contribution in [0.3, 0.4) is 0 Å². The highest BCUT2D eigenvalue weighted by atomic mass is 16.6. The minimum absolute atomic E-state index is 0.0133. The van der Waals surface area contributed by atoms with Gasteiger partial charge in [0.15, 0.2) is 0 Å². The number of carbonyl (C=O) groups excluding carboxylic acids is 2. The summed E-state index contributed by atoms with van der Waals surface area (Å²) in [6.07, 6.45) is 12.7. The number of hydrogen-bond acceptors (Lipinski definition) is 4. The van der Waals surface area contributed by atoms with Gasteiger partial charge in [-0.1, -0.05) is 20.8 Å². The predicted molar refractivity (Wildman–Crippen MR) is 135 cm³/mol. The van der Waals surface area contributed by atoms with Crippen LogP contribution in [0.2, 0.25) is 0 Å². The molecule has 4 aliphatic carbocycles. The molecule has 0 aromatic heterocycles. The van der Waals surface area contributed by atoms with Crippen LogP contribution in [0.4, 0.5) is 0 Å². The number of hydrogen-bond donors (Lipinski definition) is 0. The molecule has 0 heterocycles. The lowest BCUT2D eigenvalue weighted by Gasteiger charge is -2.61. The van der Waals surface area contributed by atoms with E-state index >= 15 is 0 Å². The maximum Gasteiger partial charge on any atom is 0.308 e. The normalized spacial score (nSPS) is 42.7. The topological polar surface area (TPSA) is 52.6 Å². The second kappa shape index (κ2) is 9.43. The minimum Gasteiger partial charge on any atom is -0.469 e. The van der Waals surface area contributed by atoms with E-state index in [1.54, 1.807) is 7.11 Å². The Balaban J connectivity index is 1.41. The summed E-state index contributed by atoms with van der Waals surface area (Å²) < 4.78 is 10.7. The maximum absolute atomic E-state index is 12.3. The molecule has 0 N–H and O–H groups in total. The lowest BCUT2D eigenvalue weighted by molar-refractivity contribution is -0.157. The summed E-state index contributed by atoms with van der Waals surface area (Å²) in [5, 5.41) is 0. The first-order valence-corrected chi connectivity index (χ1v) is 14.2. The van der Waals surface area contributed by atoms with Gasteiger partial charge < -0.3 is 9.47 Å². The van der Waals surface area contributed by atoms with Crippen molar-refractivity contribution >= 4 is 11.9 Å². The van der Waals surface area contributed by atoms with E-state index in [2.05, 4.69) is 20.8 Å². The molecule has 194 valence electrons. The van der Waals surface area contributed by atoms with Crippen molar-refractivity contribution in [2.45, 2.75) is 118 Å². The van der Waals surface area contributed by atoms with E-state index in [-0.39, 0.29) is 17.9 Å². The second-order valence-corrected chi connectivity index (χ2v) is 14.0. The van der Waals surface area contributed by atoms with Crippen LogP contribution in [0.1, 0.15) is 112 Å². The fraction of sp³-hybridized carbons (Fsp3) is 0.933. The van der Waals surface area contributed by atoms with Crippen molar-refractivity contribution in [3.63, 3.8) is 0 Å². The Morgan fingerprint density at radius 3 is 2.29 bits per heavy atom. The Morgan fingerprint density at radius 2 is 1.62 bits per heavy atom. The molecule has 4 fully saturated rings. The first-order valence-electron chi connectivity index (χ1n) is 14.2. The zero-order valence-corrected chi connectivity index (χ0v) is 23.0. The molecule has 0 spiro atoms. The van der Waals surface area contributed by atoms with Crippen LogP contribution in [-0.4, -0.2) is 24.6 Å². The minimum atomic E-state index is -0.395. The maximum atomic E-state index is 12.3. The molecular formula is C30H50O4. The fourth-order valence-electron chi connectivity index (χ4n) is 9.55. The Labute approximate surface area is 208 Å². The molecule has 0 aromatic carbocycles. The van der Waals surface area contributed by atoms with E-state index in [1.807, 2.05) is 20.8 Å². The molecule has 7 unspecified atom stereocenters. The SMILES string of the molecule is COC(=O)C1CC[C@@]2(C)C(CCC3C4CCC(C(C)CCC(=O)OC(C)(C)C)[C@@]4(C)CCC32)C1. The van der Waals surface area contributed by atoms with E-state index in [9.17, 15) is 9.59 Å². The third-order valence-corrected chi connectivity index (χ3v) is 11.2. The van der Waals surface area contributed by atoms with Gasteiger partial charge in [-0.25, -0.2) is 0 Å². The third-order valence-electron chi connectivity index (χ3n) is 11.2. The highest BCUT2D eigenvalue weighted by Gasteiger charge is 2.60. The van der Waals surface area contributed by atoms with Crippen molar-refractivity contribution in [2.75, 3.05) is 7.11 Å². The highest BCUT2D eigenvalue weighted by molar-refractivity contribution is 5.72. The molecule has 0 aliphatic heterocycles. The highest BCUT2D eigenvalue weighted by Crippen LogP contribution is 2.68.